The number of carbonyl (C=O) groups is 1. The molecule has 8 heteroatoms. The number of carbonyl (C=O) groups excluding carboxylic acids is 1. The fourth-order valence-corrected chi connectivity index (χ4v) is 3.28. The van der Waals surface area contributed by atoms with Crippen molar-refractivity contribution >= 4 is 27.0 Å². The van der Waals surface area contributed by atoms with Crippen molar-refractivity contribution in [2.75, 3.05) is 6.54 Å². The second kappa shape index (κ2) is 6.50. The van der Waals surface area contributed by atoms with Gasteiger partial charge in [-0.3, -0.25) is 4.79 Å². The summed E-state index contributed by atoms with van der Waals surface area (Å²) >= 11 is 0. The van der Waals surface area contributed by atoms with Crippen molar-refractivity contribution in [3.05, 3.63) is 54.1 Å². The number of hydrogen-bond donors (Lipinski definition) is 1. The number of para-hydroxylation sites is 1. The van der Waals surface area contributed by atoms with Gasteiger partial charge in [-0.2, -0.15) is 4.68 Å². The van der Waals surface area contributed by atoms with Crippen LogP contribution < -0.4 is 4.72 Å². The summed E-state index contributed by atoms with van der Waals surface area (Å²) in [4.78, 5) is 12.4. The molecule has 3 aromatic rings. The lowest BCUT2D eigenvalue weighted by Gasteiger charge is -2.07. The third-order valence-corrected chi connectivity index (χ3v) is 5.03. The molecule has 0 saturated heterocycles. The number of nitrogens with one attached hydrogen (secondary N) is 1. The van der Waals surface area contributed by atoms with Gasteiger partial charge < -0.3 is 0 Å². The molecule has 2 aromatic carbocycles. The van der Waals surface area contributed by atoms with E-state index in [4.69, 9.17) is 0 Å². The molecule has 0 atom stereocenters. The zero-order valence-corrected chi connectivity index (χ0v) is 13.8. The van der Waals surface area contributed by atoms with Gasteiger partial charge >= 0.3 is 0 Å². The van der Waals surface area contributed by atoms with E-state index >= 15 is 0 Å². The molecule has 0 aliphatic carbocycles. The van der Waals surface area contributed by atoms with Gasteiger partial charge in [-0.25, -0.2) is 13.1 Å². The molecule has 1 heterocycles. The number of hydrogen-bond acceptors (Lipinski definition) is 5. The van der Waals surface area contributed by atoms with Crippen molar-refractivity contribution in [2.24, 2.45) is 0 Å². The van der Waals surface area contributed by atoms with E-state index in [2.05, 4.69) is 15.0 Å². The molecule has 0 fully saturated rings. The summed E-state index contributed by atoms with van der Waals surface area (Å²) in [7, 11) is -3.63. The second-order valence-electron chi connectivity index (χ2n) is 5.34. The SMILES string of the molecule is Cc1ccc(S(=O)(=O)NCCC(=O)n2nnc3ccccc32)cc1. The van der Waals surface area contributed by atoms with Gasteiger partial charge in [0.2, 0.25) is 15.9 Å². The van der Waals surface area contributed by atoms with Crippen molar-refractivity contribution in [3.8, 4) is 0 Å². The molecule has 0 bridgehead atoms. The monoisotopic (exact) mass is 344 g/mol. The van der Waals surface area contributed by atoms with Crippen LogP contribution in [0.3, 0.4) is 0 Å². The highest BCUT2D eigenvalue weighted by atomic mass is 32.2. The van der Waals surface area contributed by atoms with E-state index in [-0.39, 0.29) is 23.8 Å². The summed E-state index contributed by atoms with van der Waals surface area (Å²) < 4.78 is 27.9. The van der Waals surface area contributed by atoms with Crippen LogP contribution in [0.1, 0.15) is 16.8 Å². The second-order valence-corrected chi connectivity index (χ2v) is 7.11. The Balaban J connectivity index is 1.65. The van der Waals surface area contributed by atoms with Crippen LogP contribution in [0.4, 0.5) is 0 Å². The van der Waals surface area contributed by atoms with Gasteiger partial charge in [-0.05, 0) is 31.2 Å². The third kappa shape index (κ3) is 3.34. The van der Waals surface area contributed by atoms with E-state index in [1.807, 2.05) is 13.0 Å². The van der Waals surface area contributed by atoms with E-state index in [1.54, 1.807) is 30.3 Å². The normalized spacial score (nSPS) is 11.7. The number of rotatable bonds is 5. The van der Waals surface area contributed by atoms with Gasteiger partial charge in [0.15, 0.2) is 0 Å². The van der Waals surface area contributed by atoms with E-state index < -0.39 is 10.0 Å². The van der Waals surface area contributed by atoms with Crippen molar-refractivity contribution in [1.82, 2.24) is 19.7 Å². The van der Waals surface area contributed by atoms with Crippen molar-refractivity contribution < 1.29 is 13.2 Å². The first-order chi connectivity index (χ1) is 11.5. The van der Waals surface area contributed by atoms with Gasteiger partial charge in [0.25, 0.3) is 0 Å². The molecule has 124 valence electrons. The lowest BCUT2D eigenvalue weighted by molar-refractivity contribution is 0.0892. The predicted octanol–water partition coefficient (Wildman–Crippen LogP) is 1.75. The minimum Gasteiger partial charge on any atom is -0.272 e. The predicted molar refractivity (Wildman–Crippen MR) is 89.1 cm³/mol. The van der Waals surface area contributed by atoms with Crippen LogP contribution in [0.5, 0.6) is 0 Å². The summed E-state index contributed by atoms with van der Waals surface area (Å²) in [6, 6.07) is 13.6. The van der Waals surface area contributed by atoms with Gasteiger partial charge in [-0.1, -0.05) is 35.0 Å². The Morgan fingerprint density at radius 1 is 1.12 bits per heavy atom. The Hall–Kier alpha value is -2.58. The molecule has 1 aromatic heterocycles. The van der Waals surface area contributed by atoms with Crippen LogP contribution in [0.15, 0.2) is 53.4 Å². The van der Waals surface area contributed by atoms with E-state index in [1.165, 1.54) is 16.8 Å². The summed E-state index contributed by atoms with van der Waals surface area (Å²) in [6.07, 6.45) is -0.0154. The number of sulfonamides is 1. The lowest BCUT2D eigenvalue weighted by Crippen LogP contribution is -2.27. The zero-order valence-electron chi connectivity index (χ0n) is 13.0. The Labute approximate surface area is 139 Å². The van der Waals surface area contributed by atoms with Crippen LogP contribution in [-0.2, 0) is 10.0 Å². The first kappa shape index (κ1) is 16.3. The molecule has 0 saturated carbocycles. The first-order valence-corrected chi connectivity index (χ1v) is 8.86. The number of fused-ring (bicyclic) bond motifs is 1. The number of aryl methyl sites for hydroxylation is 1. The van der Waals surface area contributed by atoms with E-state index in [9.17, 15) is 13.2 Å². The molecule has 1 N–H and O–H groups in total. The zero-order chi connectivity index (χ0) is 17.2. The highest BCUT2D eigenvalue weighted by molar-refractivity contribution is 7.89. The quantitative estimate of drug-likeness (QED) is 0.761. The Morgan fingerprint density at radius 2 is 1.83 bits per heavy atom. The van der Waals surface area contributed by atoms with Crippen LogP contribution in [-0.4, -0.2) is 35.9 Å². The van der Waals surface area contributed by atoms with Crippen LogP contribution in [0.2, 0.25) is 0 Å². The molecular weight excluding hydrogens is 328 g/mol. The first-order valence-electron chi connectivity index (χ1n) is 7.37. The largest absolute Gasteiger partial charge is 0.272 e. The van der Waals surface area contributed by atoms with Crippen LogP contribution in [0.25, 0.3) is 11.0 Å². The standard InChI is InChI=1S/C16H16N4O3S/c1-12-6-8-13(9-7-12)24(22,23)17-11-10-16(21)20-15-5-3-2-4-14(15)18-19-20/h2-9,17H,10-11H2,1H3. The summed E-state index contributed by atoms with van der Waals surface area (Å²) in [5.74, 6) is -0.324. The fourth-order valence-electron chi connectivity index (χ4n) is 2.25. The molecule has 0 aliphatic rings. The molecule has 0 amide bonds. The summed E-state index contributed by atoms with van der Waals surface area (Å²) in [6.45, 7) is 1.87. The Bertz CT molecular complexity index is 978. The summed E-state index contributed by atoms with van der Waals surface area (Å²) in [5, 5.41) is 7.72. The molecule has 0 unspecified atom stereocenters. The lowest BCUT2D eigenvalue weighted by atomic mass is 10.2. The van der Waals surface area contributed by atoms with Crippen molar-refractivity contribution in [1.29, 1.82) is 0 Å². The molecule has 0 spiro atoms. The fraction of sp³-hybridized carbons (Fsp3) is 0.188. The van der Waals surface area contributed by atoms with Gasteiger partial charge in [0.05, 0.1) is 10.4 Å². The highest BCUT2D eigenvalue weighted by Crippen LogP contribution is 2.11. The number of benzene rings is 2. The highest BCUT2D eigenvalue weighted by Gasteiger charge is 2.16. The topological polar surface area (TPSA) is 94.0 Å². The van der Waals surface area contributed by atoms with E-state index in [0.29, 0.717) is 11.0 Å². The average Bonchev–Trinajstić information content (AvgIpc) is 2.99. The minimum absolute atomic E-state index is 0.0107. The molecule has 0 radical (unpaired) electrons. The maximum Gasteiger partial charge on any atom is 0.250 e. The van der Waals surface area contributed by atoms with Gasteiger partial charge in [0, 0.05) is 13.0 Å². The molecular formula is C16H16N4O3S. The Kier molecular flexibility index (Phi) is 4.41. The maximum absolute atomic E-state index is 12.2. The smallest absolute Gasteiger partial charge is 0.250 e. The number of nitrogens with zero attached hydrogens (tertiary/aromatic N) is 3. The minimum atomic E-state index is -3.63. The van der Waals surface area contributed by atoms with Crippen molar-refractivity contribution in [2.45, 2.75) is 18.2 Å². The maximum atomic E-state index is 12.2. The van der Waals surface area contributed by atoms with Crippen LogP contribution >= 0.6 is 0 Å². The van der Waals surface area contributed by atoms with Gasteiger partial charge in [-0.15, -0.1) is 5.10 Å². The average molecular weight is 344 g/mol. The Morgan fingerprint density at radius 3 is 2.58 bits per heavy atom. The third-order valence-electron chi connectivity index (χ3n) is 3.55. The molecule has 24 heavy (non-hydrogen) atoms. The summed E-state index contributed by atoms with van der Waals surface area (Å²) in [5.41, 5.74) is 2.19. The van der Waals surface area contributed by atoms with E-state index in [0.717, 1.165) is 5.56 Å². The molecule has 3 rings (SSSR count). The number of aromatic nitrogens is 3. The van der Waals surface area contributed by atoms with Crippen LogP contribution in [0, 0.1) is 6.92 Å². The molecule has 0 aliphatic heterocycles. The van der Waals surface area contributed by atoms with Crippen molar-refractivity contribution in [3.63, 3.8) is 0 Å². The van der Waals surface area contributed by atoms with Gasteiger partial charge in [0.1, 0.15) is 5.52 Å². The molecule has 7 nitrogen and oxygen atoms in total.